The molecule has 1 heterocycles. The van der Waals surface area contributed by atoms with E-state index in [0.717, 1.165) is 16.8 Å². The molecule has 1 rings (SSSR count). The third-order valence-corrected chi connectivity index (χ3v) is 1.70. The molecular weight excluding hydrogens is 136 g/mol. The third-order valence-electron chi connectivity index (χ3n) is 1.70. The van der Waals surface area contributed by atoms with Crippen LogP contribution in [0.1, 0.15) is 16.8 Å². The Morgan fingerprint density at radius 2 is 2.18 bits per heavy atom. The first-order valence-electron chi connectivity index (χ1n) is 3.51. The first kappa shape index (κ1) is 7.79. The van der Waals surface area contributed by atoms with E-state index in [1.807, 2.05) is 19.9 Å². The van der Waals surface area contributed by atoms with Crippen molar-refractivity contribution in [2.45, 2.75) is 13.8 Å². The summed E-state index contributed by atoms with van der Waals surface area (Å²) in [5, 5.41) is 0. The van der Waals surface area contributed by atoms with Gasteiger partial charge in [0.25, 0.3) is 0 Å². The third kappa shape index (κ3) is 1.40. The molecule has 0 aliphatic rings. The second kappa shape index (κ2) is 2.74. The van der Waals surface area contributed by atoms with Crippen LogP contribution in [0.3, 0.4) is 0 Å². The molecule has 0 saturated carbocycles. The van der Waals surface area contributed by atoms with Gasteiger partial charge in [-0.15, -0.1) is 0 Å². The summed E-state index contributed by atoms with van der Waals surface area (Å²) in [5.74, 6) is 0.597. The van der Waals surface area contributed by atoms with Gasteiger partial charge in [0.05, 0.1) is 0 Å². The molecule has 1 aromatic heterocycles. The van der Waals surface area contributed by atoms with Gasteiger partial charge in [-0.3, -0.25) is 0 Å². The topological polar surface area (TPSA) is 38.9 Å². The van der Waals surface area contributed by atoms with E-state index in [2.05, 4.69) is 11.6 Å². The molecule has 1 aromatic rings. The standard InChI is InChI=1S/C9H12N2/c1-4-8-5-6(2)11-9(10)7(8)3/h4-5H,1H2,2-3H3,(H2,10,11). The van der Waals surface area contributed by atoms with E-state index in [9.17, 15) is 0 Å². The van der Waals surface area contributed by atoms with Gasteiger partial charge >= 0.3 is 0 Å². The Hall–Kier alpha value is -1.31. The Kier molecular flexibility index (Phi) is 1.94. The fraction of sp³-hybridized carbons (Fsp3) is 0.222. The number of anilines is 1. The molecule has 2 nitrogen and oxygen atoms in total. The number of nitrogens with zero attached hydrogens (tertiary/aromatic N) is 1. The highest BCUT2D eigenvalue weighted by atomic mass is 14.8. The van der Waals surface area contributed by atoms with Crippen LogP contribution in [0, 0.1) is 13.8 Å². The van der Waals surface area contributed by atoms with Crippen molar-refractivity contribution in [3.63, 3.8) is 0 Å². The van der Waals surface area contributed by atoms with Crippen LogP contribution < -0.4 is 5.73 Å². The summed E-state index contributed by atoms with van der Waals surface area (Å²) in [6.45, 7) is 7.55. The van der Waals surface area contributed by atoms with E-state index in [1.54, 1.807) is 6.08 Å². The van der Waals surface area contributed by atoms with E-state index in [-0.39, 0.29) is 0 Å². The molecule has 0 aromatic carbocycles. The van der Waals surface area contributed by atoms with Gasteiger partial charge in [0, 0.05) is 5.69 Å². The zero-order chi connectivity index (χ0) is 8.43. The monoisotopic (exact) mass is 148 g/mol. The van der Waals surface area contributed by atoms with E-state index in [0.29, 0.717) is 5.82 Å². The molecule has 0 atom stereocenters. The first-order valence-corrected chi connectivity index (χ1v) is 3.51. The predicted molar refractivity (Wildman–Crippen MR) is 48.2 cm³/mol. The van der Waals surface area contributed by atoms with E-state index < -0.39 is 0 Å². The zero-order valence-electron chi connectivity index (χ0n) is 6.89. The normalized spacial score (nSPS) is 9.64. The van der Waals surface area contributed by atoms with Crippen molar-refractivity contribution in [1.29, 1.82) is 0 Å². The van der Waals surface area contributed by atoms with Crippen molar-refractivity contribution < 1.29 is 0 Å². The van der Waals surface area contributed by atoms with E-state index in [4.69, 9.17) is 5.73 Å². The second-order valence-corrected chi connectivity index (χ2v) is 2.57. The number of aryl methyl sites for hydroxylation is 1. The molecule has 0 saturated heterocycles. The van der Waals surface area contributed by atoms with Crippen molar-refractivity contribution >= 4 is 11.9 Å². The molecule has 0 radical (unpaired) electrons. The Morgan fingerprint density at radius 3 is 2.73 bits per heavy atom. The molecule has 0 bridgehead atoms. The van der Waals surface area contributed by atoms with Crippen LogP contribution in [-0.2, 0) is 0 Å². The molecular formula is C9H12N2. The van der Waals surface area contributed by atoms with Crippen molar-refractivity contribution in [2.75, 3.05) is 5.73 Å². The maximum atomic E-state index is 5.64. The van der Waals surface area contributed by atoms with Gasteiger partial charge in [-0.2, -0.15) is 0 Å². The molecule has 2 heteroatoms. The fourth-order valence-electron chi connectivity index (χ4n) is 0.999. The Bertz CT molecular complexity index is 290. The molecule has 11 heavy (non-hydrogen) atoms. The molecule has 0 unspecified atom stereocenters. The van der Waals surface area contributed by atoms with Crippen LogP contribution in [0.5, 0.6) is 0 Å². The number of nitrogens with two attached hydrogens (primary N) is 1. The lowest BCUT2D eigenvalue weighted by Gasteiger charge is -2.04. The van der Waals surface area contributed by atoms with Gasteiger partial charge in [0.1, 0.15) is 5.82 Å². The minimum absolute atomic E-state index is 0.597. The summed E-state index contributed by atoms with van der Waals surface area (Å²) in [6.07, 6.45) is 1.79. The van der Waals surface area contributed by atoms with E-state index in [1.165, 1.54) is 0 Å². The highest BCUT2D eigenvalue weighted by Crippen LogP contribution is 2.15. The summed E-state index contributed by atoms with van der Waals surface area (Å²) in [6, 6.07) is 1.97. The van der Waals surface area contributed by atoms with Crippen molar-refractivity contribution in [2.24, 2.45) is 0 Å². The number of nitrogen functional groups attached to an aromatic ring is 1. The minimum Gasteiger partial charge on any atom is -0.383 e. The SMILES string of the molecule is C=Cc1cc(C)nc(N)c1C. The number of hydrogen-bond acceptors (Lipinski definition) is 2. The van der Waals surface area contributed by atoms with Gasteiger partial charge in [-0.05, 0) is 31.0 Å². The van der Waals surface area contributed by atoms with Gasteiger partial charge in [0.2, 0.25) is 0 Å². The summed E-state index contributed by atoms with van der Waals surface area (Å²) < 4.78 is 0. The lowest BCUT2D eigenvalue weighted by molar-refractivity contribution is 1.18. The largest absolute Gasteiger partial charge is 0.383 e. The number of rotatable bonds is 1. The quantitative estimate of drug-likeness (QED) is 0.660. The molecule has 58 valence electrons. The number of pyridine rings is 1. The van der Waals surface area contributed by atoms with Crippen LogP contribution >= 0.6 is 0 Å². The summed E-state index contributed by atoms with van der Waals surface area (Å²) in [7, 11) is 0. The Balaban J connectivity index is 3.35. The molecule has 0 aliphatic carbocycles. The van der Waals surface area contributed by atoms with Gasteiger partial charge in [-0.25, -0.2) is 4.98 Å². The lowest BCUT2D eigenvalue weighted by atomic mass is 10.1. The molecule has 2 N–H and O–H groups in total. The molecule has 0 spiro atoms. The maximum Gasteiger partial charge on any atom is 0.127 e. The summed E-state index contributed by atoms with van der Waals surface area (Å²) >= 11 is 0. The smallest absolute Gasteiger partial charge is 0.127 e. The van der Waals surface area contributed by atoms with Crippen molar-refractivity contribution in [1.82, 2.24) is 4.98 Å². The second-order valence-electron chi connectivity index (χ2n) is 2.57. The van der Waals surface area contributed by atoms with Crippen LogP contribution in [0.2, 0.25) is 0 Å². The molecule has 0 aliphatic heterocycles. The van der Waals surface area contributed by atoms with Crippen molar-refractivity contribution in [3.05, 3.63) is 29.5 Å². The summed E-state index contributed by atoms with van der Waals surface area (Å²) in [4.78, 5) is 4.11. The Labute approximate surface area is 66.8 Å². The van der Waals surface area contributed by atoms with Crippen LogP contribution in [0.15, 0.2) is 12.6 Å². The average molecular weight is 148 g/mol. The molecule has 0 fully saturated rings. The number of aromatic nitrogens is 1. The average Bonchev–Trinajstić information content (AvgIpc) is 1.96. The molecule has 0 amide bonds. The number of hydrogen-bond donors (Lipinski definition) is 1. The zero-order valence-corrected chi connectivity index (χ0v) is 6.89. The van der Waals surface area contributed by atoms with Gasteiger partial charge < -0.3 is 5.73 Å². The van der Waals surface area contributed by atoms with Crippen LogP contribution in [0.4, 0.5) is 5.82 Å². The maximum absolute atomic E-state index is 5.64. The Morgan fingerprint density at radius 1 is 1.55 bits per heavy atom. The van der Waals surface area contributed by atoms with Gasteiger partial charge in [-0.1, -0.05) is 12.7 Å². The van der Waals surface area contributed by atoms with E-state index >= 15 is 0 Å². The van der Waals surface area contributed by atoms with Crippen LogP contribution in [-0.4, -0.2) is 4.98 Å². The lowest BCUT2D eigenvalue weighted by Crippen LogP contribution is -1.97. The summed E-state index contributed by atoms with van der Waals surface area (Å²) in [5.41, 5.74) is 8.64. The minimum atomic E-state index is 0.597. The van der Waals surface area contributed by atoms with Crippen molar-refractivity contribution in [3.8, 4) is 0 Å². The fourth-order valence-corrected chi connectivity index (χ4v) is 0.999. The highest BCUT2D eigenvalue weighted by Gasteiger charge is 1.99. The highest BCUT2D eigenvalue weighted by molar-refractivity contribution is 5.58. The first-order chi connectivity index (χ1) is 5.15. The van der Waals surface area contributed by atoms with Gasteiger partial charge in [0.15, 0.2) is 0 Å². The predicted octanol–water partition coefficient (Wildman–Crippen LogP) is 1.92. The van der Waals surface area contributed by atoms with Crippen LogP contribution in [0.25, 0.3) is 6.08 Å².